The summed E-state index contributed by atoms with van der Waals surface area (Å²) >= 11 is 0. The summed E-state index contributed by atoms with van der Waals surface area (Å²) in [5.41, 5.74) is 5.90. The van der Waals surface area contributed by atoms with Crippen LogP contribution in [0.3, 0.4) is 0 Å². The van der Waals surface area contributed by atoms with Crippen molar-refractivity contribution in [2.75, 3.05) is 9.80 Å². The molecule has 0 radical (unpaired) electrons. The van der Waals surface area contributed by atoms with Crippen molar-refractivity contribution in [2.24, 2.45) is 0 Å². The number of hydrogen-bond donors (Lipinski definition) is 0. The van der Waals surface area contributed by atoms with Gasteiger partial charge in [-0.2, -0.15) is 0 Å². The number of benzene rings is 12. The van der Waals surface area contributed by atoms with Crippen molar-refractivity contribution in [3.8, 4) is 33.6 Å². The van der Waals surface area contributed by atoms with Crippen molar-refractivity contribution >= 4 is 96.2 Å². The van der Waals surface area contributed by atoms with E-state index in [9.17, 15) is 0 Å². The second-order valence-corrected chi connectivity index (χ2v) is 26.1. The molecule has 12 aromatic carbocycles. The van der Waals surface area contributed by atoms with Crippen molar-refractivity contribution < 1.29 is 35.1 Å². The lowest BCUT2D eigenvalue weighted by atomic mass is 10.0. The highest BCUT2D eigenvalue weighted by molar-refractivity contribution is 7.00. The smallest absolute Gasteiger partial charge is 0.185 e. The third-order valence-corrected chi connectivity index (χ3v) is 19.9. The summed E-state index contributed by atoms with van der Waals surface area (Å²) in [6.45, 7) is 1.97. The fourth-order valence-electron chi connectivity index (χ4n) is 12.4. The Morgan fingerprint density at radius 2 is 0.540 bits per heavy atom. The number of para-hydroxylation sites is 4. The summed E-state index contributed by atoms with van der Waals surface area (Å²) in [4.78, 5) is 2.09. The summed E-state index contributed by atoms with van der Waals surface area (Å²) in [6.07, 6.45) is 0. The van der Waals surface area contributed by atoms with Crippen molar-refractivity contribution in [2.45, 2.75) is 13.1 Å². The van der Waals surface area contributed by atoms with Gasteiger partial charge in [0.05, 0.1) is 22.1 Å². The first-order valence-corrected chi connectivity index (χ1v) is 31.1. The van der Waals surface area contributed by atoms with Gasteiger partial charge in [-0.3, -0.25) is 0 Å². The van der Waals surface area contributed by atoms with Gasteiger partial charge >= 0.3 is 0 Å². The summed E-state index contributed by atoms with van der Waals surface area (Å²) in [7, 11) is -4.98. The molecule has 0 saturated heterocycles. The molecule has 2 aromatic heterocycles. The molecule has 0 fully saturated rings. The molecule has 14 aromatic rings. The molecule has 87 heavy (non-hydrogen) atoms. The number of anilines is 6. The number of halogens is 8. The van der Waals surface area contributed by atoms with Crippen LogP contribution in [0.4, 0.5) is 69.2 Å². The Kier molecular flexibility index (Phi) is 13.5. The third-order valence-electron chi connectivity index (χ3n) is 16.5. The van der Waals surface area contributed by atoms with Gasteiger partial charge < -0.3 is 18.9 Å². The quantitative estimate of drug-likeness (QED) is 0.0689. The van der Waals surface area contributed by atoms with Crippen LogP contribution in [0.25, 0.3) is 77.2 Å². The first-order valence-electron chi connectivity index (χ1n) is 28.1. The molecule has 0 bridgehead atoms. The van der Waals surface area contributed by atoms with Gasteiger partial charge in [-0.25, -0.2) is 35.1 Å². The van der Waals surface area contributed by atoms with Crippen LogP contribution in [0.2, 0.25) is 13.1 Å². The highest BCUT2D eigenvalue weighted by Crippen LogP contribution is 2.46. The molecule has 0 N–H and O–H groups in total. The average Bonchev–Trinajstić information content (AvgIpc) is 2.25. The molecule has 0 atom stereocenters. The predicted molar refractivity (Wildman–Crippen MR) is 338 cm³/mol. The van der Waals surface area contributed by atoms with E-state index >= 15 is 35.1 Å². The van der Waals surface area contributed by atoms with E-state index in [2.05, 4.69) is 0 Å². The Morgan fingerprint density at radius 1 is 0.264 bits per heavy atom. The van der Waals surface area contributed by atoms with E-state index in [4.69, 9.17) is 0 Å². The van der Waals surface area contributed by atoms with Crippen LogP contribution in [-0.4, -0.2) is 17.2 Å². The summed E-state index contributed by atoms with van der Waals surface area (Å²) in [5.74, 6) is -15.6. The van der Waals surface area contributed by atoms with Crippen molar-refractivity contribution in [3.63, 3.8) is 0 Å². The number of hydrogen-bond acceptors (Lipinski definition) is 2. The molecule has 13 heteroatoms. The zero-order valence-electron chi connectivity index (χ0n) is 46.6. The molecule has 0 saturated carbocycles. The predicted octanol–water partition coefficient (Wildman–Crippen LogP) is 20.1. The monoisotopic (exact) mass is 1170 g/mol. The fourth-order valence-corrected chi connectivity index (χ4v) is 15.3. The first kappa shape index (κ1) is 54.4. The van der Waals surface area contributed by atoms with E-state index in [1.807, 2.05) is 179 Å². The highest BCUT2D eigenvalue weighted by Gasteiger charge is 2.45. The first-order chi connectivity index (χ1) is 42.3. The standard InChI is InChI=1S/C74H48F8N4Si/c1-87(2,73-67(79)63(75)71(64(76)68(73)80)83(51-35-31-47(32-36-51)45-19-7-3-8-20-45)53-39-41-61-57(43-53)55-27-15-17-29-59(55)85(61)49-23-11-5-12-24-49)74-69(81)65(77)72(66(78)70(74)82)84(52-37-33-48(34-38-52)46-21-9-4-10-22-46)54-40-42-62-58(44-54)56-28-16-18-30-60(56)86(62)50-25-13-6-14-26-50/h3-44H,1-2H3. The third kappa shape index (κ3) is 8.95. The van der Waals surface area contributed by atoms with Crippen LogP contribution in [0.5, 0.6) is 0 Å². The maximum atomic E-state index is 17.7. The zero-order valence-corrected chi connectivity index (χ0v) is 47.6. The molecule has 0 spiro atoms. The van der Waals surface area contributed by atoms with Crippen LogP contribution in [0.15, 0.2) is 255 Å². The molecule has 4 nitrogen and oxygen atoms in total. The number of fused-ring (bicyclic) bond motifs is 6. The van der Waals surface area contributed by atoms with Crippen LogP contribution in [-0.2, 0) is 0 Å². The van der Waals surface area contributed by atoms with Crippen LogP contribution < -0.4 is 20.2 Å². The Bertz CT molecular complexity index is 4610. The Labute approximate surface area is 495 Å². The van der Waals surface area contributed by atoms with Gasteiger partial charge in [-0.05, 0) is 119 Å². The number of aromatic nitrogens is 2. The molecule has 0 aliphatic rings. The van der Waals surface area contributed by atoms with Gasteiger partial charge in [0.25, 0.3) is 0 Å². The van der Waals surface area contributed by atoms with E-state index < -0.39 is 76.4 Å². The normalized spacial score (nSPS) is 11.8. The lowest BCUT2D eigenvalue weighted by molar-refractivity contribution is 0.461. The maximum absolute atomic E-state index is 17.7. The molecule has 424 valence electrons. The van der Waals surface area contributed by atoms with Crippen molar-refractivity contribution in [1.29, 1.82) is 0 Å². The Balaban J connectivity index is 0.924. The molecule has 2 heterocycles. The van der Waals surface area contributed by atoms with Crippen molar-refractivity contribution in [3.05, 3.63) is 301 Å². The van der Waals surface area contributed by atoms with Crippen LogP contribution in [0, 0.1) is 46.5 Å². The number of nitrogens with zero attached hydrogens (tertiary/aromatic N) is 4. The molecular weight excluding hydrogens is 1120 g/mol. The number of rotatable bonds is 12. The minimum atomic E-state index is -4.98. The fraction of sp³-hybridized carbons (Fsp3) is 0.0270. The highest BCUT2D eigenvalue weighted by atomic mass is 28.3. The van der Waals surface area contributed by atoms with E-state index in [1.165, 1.54) is 0 Å². The van der Waals surface area contributed by atoms with Crippen molar-refractivity contribution in [1.82, 2.24) is 9.13 Å². The summed E-state index contributed by atoms with van der Waals surface area (Å²) < 4.78 is 145. The minimum absolute atomic E-state index is 0.0962. The van der Waals surface area contributed by atoms with Gasteiger partial charge in [0.15, 0.2) is 46.5 Å². The molecule has 0 amide bonds. The van der Waals surface area contributed by atoms with Gasteiger partial charge in [0, 0.05) is 66.0 Å². The molecular formula is C74H48F8N4Si. The lowest BCUT2D eigenvalue weighted by Gasteiger charge is -2.32. The average molecular weight is 1170 g/mol. The topological polar surface area (TPSA) is 16.3 Å². The van der Waals surface area contributed by atoms with E-state index in [0.717, 1.165) is 89.4 Å². The zero-order chi connectivity index (χ0) is 59.8. The Morgan fingerprint density at radius 3 is 0.885 bits per heavy atom. The molecule has 0 unspecified atom stereocenters. The van der Waals surface area contributed by atoms with Crippen LogP contribution >= 0.6 is 0 Å². The van der Waals surface area contributed by atoms with Gasteiger partial charge in [-0.15, -0.1) is 0 Å². The maximum Gasteiger partial charge on any atom is 0.185 e. The second-order valence-electron chi connectivity index (χ2n) is 21.9. The molecule has 0 aliphatic heterocycles. The Hall–Kier alpha value is -10.5. The van der Waals surface area contributed by atoms with E-state index in [-0.39, 0.29) is 22.7 Å². The van der Waals surface area contributed by atoms with E-state index in [1.54, 1.807) is 84.9 Å². The van der Waals surface area contributed by atoms with Gasteiger partial charge in [0.1, 0.15) is 19.4 Å². The molecule has 14 rings (SSSR count). The van der Waals surface area contributed by atoms with Gasteiger partial charge in [0.2, 0.25) is 0 Å². The largest absolute Gasteiger partial charge is 0.309 e. The summed E-state index contributed by atoms with van der Waals surface area (Å²) in [5, 5.41) is 0.0704. The second kappa shape index (κ2) is 21.5. The van der Waals surface area contributed by atoms with Crippen LogP contribution in [0.1, 0.15) is 0 Å². The minimum Gasteiger partial charge on any atom is -0.309 e. The lowest BCUT2D eigenvalue weighted by Crippen LogP contribution is -2.59. The van der Waals surface area contributed by atoms with E-state index in [0.29, 0.717) is 10.8 Å². The summed E-state index contributed by atoms with van der Waals surface area (Å²) in [6, 6.07) is 75.9. The SMILES string of the molecule is C[Si](C)(c1c(F)c(F)c(N(c2ccc(-c3ccccc3)cc2)c2ccc3c(c2)c2ccccc2n3-c2ccccc2)c(F)c1F)c1c(F)c(F)c(N(c2ccc(-c3ccccc3)cc2)c2ccc3c(c2)c2ccccc2n3-c2ccccc2)c(F)c1F. The molecule has 0 aliphatic carbocycles. The van der Waals surface area contributed by atoms with Gasteiger partial charge in [-0.1, -0.05) is 171 Å².